The van der Waals surface area contributed by atoms with Crippen LogP contribution in [-0.4, -0.2) is 16.0 Å². The Labute approximate surface area is 133 Å². The molecule has 0 aliphatic heterocycles. The second kappa shape index (κ2) is 6.83. The Morgan fingerprint density at radius 2 is 2.00 bits per heavy atom. The highest BCUT2D eigenvalue weighted by Crippen LogP contribution is 2.30. The molecule has 2 aromatic rings. The van der Waals surface area contributed by atoms with Gasteiger partial charge in [0.15, 0.2) is 5.84 Å². The minimum Gasteiger partial charge on any atom is -0.409 e. The Morgan fingerprint density at radius 1 is 1.33 bits per heavy atom. The summed E-state index contributed by atoms with van der Waals surface area (Å²) >= 11 is 7.78. The van der Waals surface area contributed by atoms with Gasteiger partial charge in [-0.1, -0.05) is 46.1 Å². The standard InChI is InChI=1S/C15H16ClN3OS/c1-9-5-10(2)7-11(6-9)8-21-15-13(16)12(3-4-18-15)14(17)19-20/h3-7,20H,8H2,1-2H3,(H2,17,19). The lowest BCUT2D eigenvalue weighted by molar-refractivity contribution is 0.318. The number of aryl methyl sites for hydroxylation is 2. The predicted octanol–water partition coefficient (Wildman–Crippen LogP) is 3.74. The quantitative estimate of drug-likeness (QED) is 0.296. The van der Waals surface area contributed by atoms with Gasteiger partial charge in [-0.15, -0.1) is 11.8 Å². The Hall–Kier alpha value is -1.72. The monoisotopic (exact) mass is 321 g/mol. The number of pyridine rings is 1. The minimum absolute atomic E-state index is 0.0179. The second-order valence-electron chi connectivity index (χ2n) is 4.75. The largest absolute Gasteiger partial charge is 0.409 e. The number of rotatable bonds is 4. The van der Waals surface area contributed by atoms with Crippen LogP contribution in [0.2, 0.25) is 5.02 Å². The van der Waals surface area contributed by atoms with Gasteiger partial charge in [0.25, 0.3) is 0 Å². The van der Waals surface area contributed by atoms with Gasteiger partial charge in [0, 0.05) is 17.5 Å². The number of amidine groups is 1. The van der Waals surface area contributed by atoms with E-state index in [4.69, 9.17) is 22.5 Å². The van der Waals surface area contributed by atoms with Crippen LogP contribution >= 0.6 is 23.4 Å². The maximum absolute atomic E-state index is 8.75. The molecule has 21 heavy (non-hydrogen) atoms. The molecule has 0 saturated carbocycles. The van der Waals surface area contributed by atoms with E-state index in [9.17, 15) is 0 Å². The average Bonchev–Trinajstić information content (AvgIpc) is 2.44. The molecule has 3 N–H and O–H groups in total. The Morgan fingerprint density at radius 3 is 2.62 bits per heavy atom. The molecule has 0 atom stereocenters. The molecule has 2 rings (SSSR count). The fourth-order valence-electron chi connectivity index (χ4n) is 2.08. The molecule has 1 aromatic heterocycles. The van der Waals surface area contributed by atoms with Crippen molar-refractivity contribution in [3.8, 4) is 0 Å². The third-order valence-corrected chi connectivity index (χ3v) is 4.45. The molecule has 0 fully saturated rings. The zero-order chi connectivity index (χ0) is 15.4. The maximum Gasteiger partial charge on any atom is 0.171 e. The van der Waals surface area contributed by atoms with Gasteiger partial charge in [-0.3, -0.25) is 0 Å². The zero-order valence-electron chi connectivity index (χ0n) is 11.8. The first-order valence-corrected chi connectivity index (χ1v) is 7.70. The number of oxime groups is 1. The molecule has 0 unspecified atom stereocenters. The Balaban J connectivity index is 2.20. The fourth-order valence-corrected chi connectivity index (χ4v) is 3.30. The molecule has 6 heteroatoms. The summed E-state index contributed by atoms with van der Waals surface area (Å²) in [5.74, 6) is 0.741. The van der Waals surface area contributed by atoms with Gasteiger partial charge < -0.3 is 10.9 Å². The van der Waals surface area contributed by atoms with Crippen LogP contribution in [0.15, 0.2) is 40.6 Å². The Bertz CT molecular complexity index is 668. The van der Waals surface area contributed by atoms with Crippen LogP contribution in [0.4, 0.5) is 0 Å². The van der Waals surface area contributed by atoms with Crippen molar-refractivity contribution in [2.24, 2.45) is 10.9 Å². The van der Waals surface area contributed by atoms with Crippen LogP contribution in [0.1, 0.15) is 22.3 Å². The number of nitrogens with two attached hydrogens (primary N) is 1. The molecule has 0 radical (unpaired) electrons. The average molecular weight is 322 g/mol. The van der Waals surface area contributed by atoms with Gasteiger partial charge in [0.1, 0.15) is 5.03 Å². The van der Waals surface area contributed by atoms with E-state index in [0.29, 0.717) is 15.6 Å². The summed E-state index contributed by atoms with van der Waals surface area (Å²) in [6, 6.07) is 8.04. The van der Waals surface area contributed by atoms with E-state index >= 15 is 0 Å². The lowest BCUT2D eigenvalue weighted by atomic mass is 10.1. The number of benzene rings is 1. The fraction of sp³-hybridized carbons (Fsp3) is 0.200. The second-order valence-corrected chi connectivity index (χ2v) is 6.09. The highest BCUT2D eigenvalue weighted by Gasteiger charge is 2.11. The molecule has 0 bridgehead atoms. The topological polar surface area (TPSA) is 71.5 Å². The van der Waals surface area contributed by atoms with Crippen molar-refractivity contribution in [3.63, 3.8) is 0 Å². The molecule has 110 valence electrons. The SMILES string of the molecule is Cc1cc(C)cc(CSc2nccc(/C(N)=N/O)c2Cl)c1. The molecule has 0 spiro atoms. The number of halogens is 1. The van der Waals surface area contributed by atoms with Gasteiger partial charge >= 0.3 is 0 Å². The van der Waals surface area contributed by atoms with Crippen LogP contribution in [-0.2, 0) is 5.75 Å². The minimum atomic E-state index is -0.0179. The summed E-state index contributed by atoms with van der Waals surface area (Å²) in [7, 11) is 0. The van der Waals surface area contributed by atoms with E-state index in [2.05, 4.69) is 42.2 Å². The third kappa shape index (κ3) is 3.89. The van der Waals surface area contributed by atoms with Crippen molar-refractivity contribution in [1.82, 2.24) is 4.98 Å². The van der Waals surface area contributed by atoms with Crippen LogP contribution in [0.5, 0.6) is 0 Å². The maximum atomic E-state index is 8.75. The van der Waals surface area contributed by atoms with Gasteiger partial charge in [-0.2, -0.15) is 0 Å². The van der Waals surface area contributed by atoms with Crippen LogP contribution in [0.3, 0.4) is 0 Å². The number of hydrogen-bond acceptors (Lipinski definition) is 4. The van der Waals surface area contributed by atoms with E-state index in [1.807, 2.05) is 0 Å². The molecule has 0 amide bonds. The van der Waals surface area contributed by atoms with Crippen LogP contribution in [0, 0.1) is 13.8 Å². The van der Waals surface area contributed by atoms with E-state index in [0.717, 1.165) is 5.75 Å². The Kier molecular flexibility index (Phi) is 5.09. The predicted molar refractivity (Wildman–Crippen MR) is 87.2 cm³/mol. The number of thioether (sulfide) groups is 1. The number of aromatic nitrogens is 1. The van der Waals surface area contributed by atoms with Gasteiger partial charge in [-0.25, -0.2) is 4.98 Å². The molecule has 0 aliphatic carbocycles. The first-order chi connectivity index (χ1) is 10.0. The first-order valence-electron chi connectivity index (χ1n) is 6.33. The third-order valence-electron chi connectivity index (χ3n) is 2.90. The lowest BCUT2D eigenvalue weighted by Crippen LogP contribution is -2.14. The molecule has 1 aromatic carbocycles. The van der Waals surface area contributed by atoms with Crippen molar-refractivity contribution < 1.29 is 5.21 Å². The van der Waals surface area contributed by atoms with Crippen molar-refractivity contribution in [3.05, 3.63) is 57.7 Å². The highest BCUT2D eigenvalue weighted by atomic mass is 35.5. The molecule has 0 aliphatic rings. The summed E-state index contributed by atoms with van der Waals surface area (Å²) in [6.45, 7) is 4.15. The van der Waals surface area contributed by atoms with Crippen molar-refractivity contribution in [2.45, 2.75) is 24.6 Å². The summed E-state index contributed by atoms with van der Waals surface area (Å²) in [5, 5.41) is 12.8. The van der Waals surface area contributed by atoms with Crippen molar-refractivity contribution in [1.29, 1.82) is 0 Å². The summed E-state index contributed by atoms with van der Waals surface area (Å²) in [5.41, 5.74) is 9.75. The summed E-state index contributed by atoms with van der Waals surface area (Å²) in [4.78, 5) is 4.25. The smallest absolute Gasteiger partial charge is 0.171 e. The number of hydrogen-bond donors (Lipinski definition) is 2. The first kappa shape index (κ1) is 15.7. The molecular formula is C15H16ClN3OS. The molecule has 4 nitrogen and oxygen atoms in total. The molecule has 1 heterocycles. The van der Waals surface area contributed by atoms with E-state index in [1.165, 1.54) is 28.5 Å². The normalized spacial score (nSPS) is 11.7. The number of nitrogens with zero attached hydrogens (tertiary/aromatic N) is 2. The molecular weight excluding hydrogens is 306 g/mol. The lowest BCUT2D eigenvalue weighted by Gasteiger charge is -2.08. The zero-order valence-corrected chi connectivity index (χ0v) is 13.4. The van der Waals surface area contributed by atoms with Gasteiger partial charge in [0.2, 0.25) is 0 Å². The van der Waals surface area contributed by atoms with Crippen LogP contribution in [0.25, 0.3) is 0 Å². The highest BCUT2D eigenvalue weighted by molar-refractivity contribution is 7.98. The van der Waals surface area contributed by atoms with E-state index < -0.39 is 0 Å². The summed E-state index contributed by atoms with van der Waals surface area (Å²) < 4.78 is 0. The van der Waals surface area contributed by atoms with Gasteiger partial charge in [-0.05, 0) is 25.5 Å². The van der Waals surface area contributed by atoms with Crippen molar-refractivity contribution in [2.75, 3.05) is 0 Å². The summed E-state index contributed by atoms with van der Waals surface area (Å²) in [6.07, 6.45) is 1.60. The molecule has 0 saturated heterocycles. The van der Waals surface area contributed by atoms with Crippen LogP contribution < -0.4 is 5.73 Å². The van der Waals surface area contributed by atoms with Crippen molar-refractivity contribution >= 4 is 29.2 Å². The van der Waals surface area contributed by atoms with E-state index in [1.54, 1.807) is 12.3 Å². The van der Waals surface area contributed by atoms with E-state index in [-0.39, 0.29) is 5.84 Å². The van der Waals surface area contributed by atoms with Gasteiger partial charge in [0.05, 0.1) is 5.02 Å².